The van der Waals surface area contributed by atoms with Crippen LogP contribution in [-0.4, -0.2) is 31.6 Å². The molecule has 8 heteroatoms. The van der Waals surface area contributed by atoms with Gasteiger partial charge in [0.1, 0.15) is 5.69 Å². The Morgan fingerprint density at radius 2 is 2.27 bits per heavy atom. The van der Waals surface area contributed by atoms with E-state index in [1.807, 2.05) is 0 Å². The van der Waals surface area contributed by atoms with Crippen molar-refractivity contribution in [3.05, 3.63) is 11.4 Å². The molecule has 0 aromatic carbocycles. The van der Waals surface area contributed by atoms with Crippen LogP contribution >= 0.6 is 0 Å². The number of anilines is 1. The van der Waals surface area contributed by atoms with Crippen LogP contribution < -0.4 is 4.72 Å². The fourth-order valence-electron chi connectivity index (χ4n) is 1.05. The van der Waals surface area contributed by atoms with Crippen LogP contribution in [0.2, 0.25) is 0 Å². The van der Waals surface area contributed by atoms with E-state index in [1.54, 1.807) is 14.0 Å². The maximum absolute atomic E-state index is 11.2. The molecule has 0 aliphatic heterocycles. The highest BCUT2D eigenvalue weighted by Crippen LogP contribution is 2.20. The number of methoxy groups -OCH3 is 1. The first kappa shape index (κ1) is 11.7. The Labute approximate surface area is 88.8 Å². The highest BCUT2D eigenvalue weighted by molar-refractivity contribution is 7.80. The number of nitrogens with zero attached hydrogens (tertiary/aromatic N) is 2. The molecule has 84 valence electrons. The molecule has 1 atom stereocenters. The number of hydrogen-bond donors (Lipinski definition) is 1. The summed E-state index contributed by atoms with van der Waals surface area (Å²) in [5.74, 6) is -0.688. The largest absolute Gasteiger partial charge is 0.755 e. The van der Waals surface area contributed by atoms with Crippen LogP contribution in [0.4, 0.5) is 5.69 Å². The Hall–Kier alpha value is -1.41. The Kier molecular flexibility index (Phi) is 3.43. The molecule has 0 aliphatic carbocycles. The molecule has 1 aromatic heterocycles. The normalized spacial score (nSPS) is 12.3. The van der Waals surface area contributed by atoms with Crippen LogP contribution in [0.3, 0.4) is 0 Å². The van der Waals surface area contributed by atoms with Crippen molar-refractivity contribution in [2.75, 3.05) is 11.8 Å². The van der Waals surface area contributed by atoms with Gasteiger partial charge in [0.25, 0.3) is 0 Å². The second-order valence-electron chi connectivity index (χ2n) is 2.76. The summed E-state index contributed by atoms with van der Waals surface area (Å²) >= 11 is -2.50. The number of ether oxygens (including phenoxy) is 1. The van der Waals surface area contributed by atoms with E-state index in [-0.39, 0.29) is 11.4 Å². The van der Waals surface area contributed by atoms with E-state index in [0.717, 1.165) is 0 Å². The predicted octanol–water partition coefficient (Wildman–Crippen LogP) is -0.279. The van der Waals surface area contributed by atoms with Gasteiger partial charge in [-0.05, 0) is 6.92 Å². The minimum absolute atomic E-state index is 0.0540. The van der Waals surface area contributed by atoms with Gasteiger partial charge in [0.05, 0.1) is 12.8 Å². The lowest BCUT2D eigenvalue weighted by Crippen LogP contribution is -2.09. The first-order chi connectivity index (χ1) is 6.97. The lowest BCUT2D eigenvalue weighted by molar-refractivity contribution is 0.0594. The molecule has 1 heterocycles. The van der Waals surface area contributed by atoms with Gasteiger partial charge >= 0.3 is 5.97 Å². The van der Waals surface area contributed by atoms with Gasteiger partial charge in [-0.15, -0.1) is 0 Å². The second kappa shape index (κ2) is 4.41. The second-order valence-corrected chi connectivity index (χ2v) is 3.43. The topological polar surface area (TPSA) is 96.3 Å². The minimum atomic E-state index is -2.50. The van der Waals surface area contributed by atoms with Gasteiger partial charge in [0.2, 0.25) is 0 Å². The van der Waals surface area contributed by atoms with E-state index in [4.69, 9.17) is 0 Å². The summed E-state index contributed by atoms with van der Waals surface area (Å²) in [6.07, 6.45) is 0. The lowest BCUT2D eigenvalue weighted by atomic mass is 10.3. The Balaban J connectivity index is 3.20. The van der Waals surface area contributed by atoms with Crippen molar-refractivity contribution in [1.29, 1.82) is 0 Å². The maximum Gasteiger partial charge on any atom is 0.360 e. The molecule has 0 saturated heterocycles. The van der Waals surface area contributed by atoms with E-state index < -0.39 is 17.2 Å². The smallest absolute Gasteiger partial charge is 0.360 e. The molecule has 7 nitrogen and oxygen atoms in total. The third-order valence-electron chi connectivity index (χ3n) is 1.90. The molecule has 0 aliphatic rings. The average molecular weight is 232 g/mol. The molecule has 0 spiro atoms. The molecule has 0 radical (unpaired) electrons. The summed E-state index contributed by atoms with van der Waals surface area (Å²) in [7, 11) is 2.80. The number of hydrogen-bond acceptors (Lipinski definition) is 5. The van der Waals surface area contributed by atoms with Crippen LogP contribution in [0.15, 0.2) is 0 Å². The number of rotatable bonds is 3. The van der Waals surface area contributed by atoms with E-state index in [9.17, 15) is 13.6 Å². The van der Waals surface area contributed by atoms with Crippen molar-refractivity contribution >= 4 is 22.9 Å². The van der Waals surface area contributed by atoms with Crippen LogP contribution in [0.1, 0.15) is 16.2 Å². The Morgan fingerprint density at radius 1 is 1.67 bits per heavy atom. The maximum atomic E-state index is 11.2. The predicted molar refractivity (Wildman–Crippen MR) is 51.8 cm³/mol. The molecule has 0 saturated carbocycles. The fraction of sp³-hybridized carbons (Fsp3) is 0.429. The highest BCUT2D eigenvalue weighted by atomic mass is 32.2. The van der Waals surface area contributed by atoms with Crippen LogP contribution in [0.5, 0.6) is 0 Å². The Morgan fingerprint density at radius 3 is 2.73 bits per heavy atom. The molecule has 1 unspecified atom stereocenters. The number of nitrogens with one attached hydrogen (secondary N) is 1. The van der Waals surface area contributed by atoms with Crippen molar-refractivity contribution in [3.63, 3.8) is 0 Å². The minimum Gasteiger partial charge on any atom is -0.755 e. The van der Waals surface area contributed by atoms with E-state index >= 15 is 0 Å². The first-order valence-corrected chi connectivity index (χ1v) is 5.02. The molecule has 15 heavy (non-hydrogen) atoms. The number of carbonyl (C=O) groups excluding carboxylic acids is 1. The van der Waals surface area contributed by atoms with Crippen molar-refractivity contribution in [3.8, 4) is 0 Å². The lowest BCUT2D eigenvalue weighted by Gasteiger charge is -2.08. The van der Waals surface area contributed by atoms with Crippen LogP contribution in [-0.2, 0) is 23.1 Å². The van der Waals surface area contributed by atoms with Crippen LogP contribution in [0.25, 0.3) is 0 Å². The summed E-state index contributed by atoms with van der Waals surface area (Å²) in [5, 5.41) is 3.84. The molecule has 0 amide bonds. The molecular formula is C7H10N3O4S-. The van der Waals surface area contributed by atoms with Crippen molar-refractivity contribution < 1.29 is 18.3 Å². The first-order valence-electron chi connectivity index (χ1n) is 3.95. The van der Waals surface area contributed by atoms with Crippen molar-refractivity contribution in [2.45, 2.75) is 6.92 Å². The summed E-state index contributed by atoms with van der Waals surface area (Å²) < 4.78 is 29.0. The summed E-state index contributed by atoms with van der Waals surface area (Å²) in [6.45, 7) is 1.63. The van der Waals surface area contributed by atoms with Gasteiger partial charge in [-0.1, -0.05) is 0 Å². The van der Waals surface area contributed by atoms with Gasteiger partial charge in [-0.25, -0.2) is 4.79 Å². The van der Waals surface area contributed by atoms with E-state index in [2.05, 4.69) is 14.6 Å². The van der Waals surface area contributed by atoms with Crippen LogP contribution in [0, 0.1) is 6.92 Å². The zero-order valence-electron chi connectivity index (χ0n) is 8.44. The van der Waals surface area contributed by atoms with E-state index in [0.29, 0.717) is 5.69 Å². The average Bonchev–Trinajstić information content (AvgIpc) is 2.44. The van der Waals surface area contributed by atoms with Gasteiger partial charge < -0.3 is 14.0 Å². The molecule has 1 N–H and O–H groups in total. The SMILES string of the molecule is COC(=O)c1nn(C)c(C)c1NS(=O)[O-]. The highest BCUT2D eigenvalue weighted by Gasteiger charge is 2.19. The van der Waals surface area contributed by atoms with Gasteiger partial charge in [0, 0.05) is 18.3 Å². The Bertz CT molecular complexity index is 415. The standard InChI is InChI=1S/C7H11N3O4S/c1-4-5(9-15(12)13)6(7(11)14-3)8-10(4)2/h9H,1-3H3,(H,12,13)/p-1. The molecule has 1 aromatic rings. The number of aromatic nitrogens is 2. The summed E-state index contributed by atoms with van der Waals surface area (Å²) in [6, 6.07) is 0. The summed E-state index contributed by atoms with van der Waals surface area (Å²) in [4.78, 5) is 11.2. The molecule has 1 rings (SSSR count). The van der Waals surface area contributed by atoms with Crippen molar-refractivity contribution in [2.24, 2.45) is 7.05 Å². The van der Waals surface area contributed by atoms with Gasteiger partial charge in [-0.2, -0.15) is 5.10 Å². The third kappa shape index (κ3) is 2.34. The van der Waals surface area contributed by atoms with Crippen molar-refractivity contribution in [1.82, 2.24) is 9.78 Å². The zero-order valence-corrected chi connectivity index (χ0v) is 9.25. The summed E-state index contributed by atoms with van der Waals surface area (Å²) in [5.41, 5.74) is 0.610. The van der Waals surface area contributed by atoms with E-state index in [1.165, 1.54) is 11.8 Å². The van der Waals surface area contributed by atoms with Gasteiger partial charge in [0.15, 0.2) is 5.69 Å². The molecular weight excluding hydrogens is 222 g/mol. The number of aryl methyl sites for hydroxylation is 1. The number of esters is 1. The molecule has 0 fully saturated rings. The monoisotopic (exact) mass is 232 g/mol. The van der Waals surface area contributed by atoms with Gasteiger partial charge in [-0.3, -0.25) is 8.89 Å². The quantitative estimate of drug-likeness (QED) is 0.571. The zero-order chi connectivity index (χ0) is 11.6. The third-order valence-corrected chi connectivity index (χ3v) is 2.27. The fourth-order valence-corrected chi connectivity index (χ4v) is 1.46. The number of carbonyl (C=O) groups is 1. The molecule has 0 bridgehead atoms.